The molecular weight excluding hydrogens is 412 g/mol. The van der Waals surface area contributed by atoms with Crippen LogP contribution in [0.15, 0.2) is 53.9 Å². The minimum absolute atomic E-state index is 0.167. The number of hydrogen-bond acceptors (Lipinski definition) is 4. The van der Waals surface area contributed by atoms with Crippen molar-refractivity contribution in [2.75, 3.05) is 13.1 Å². The van der Waals surface area contributed by atoms with Crippen LogP contribution in [-0.4, -0.2) is 28.8 Å². The second-order valence-electron chi connectivity index (χ2n) is 7.96. The van der Waals surface area contributed by atoms with Gasteiger partial charge in [-0.05, 0) is 54.6 Å². The highest BCUT2D eigenvalue weighted by Crippen LogP contribution is 2.20. The van der Waals surface area contributed by atoms with E-state index in [4.69, 9.17) is 11.6 Å². The summed E-state index contributed by atoms with van der Waals surface area (Å²) in [6.45, 7) is 3.32. The molecule has 1 aliphatic heterocycles. The first-order valence-electron chi connectivity index (χ1n) is 10.7. The van der Waals surface area contributed by atoms with Crippen molar-refractivity contribution in [1.82, 2.24) is 9.88 Å². The smallest absolute Gasteiger partial charge is 0.182 e. The van der Waals surface area contributed by atoms with Crippen LogP contribution in [0.4, 0.5) is 0 Å². The molecule has 0 atom stereocenters. The molecule has 0 N–H and O–H groups in total. The molecule has 2 aromatic carbocycles. The molecule has 2 heterocycles. The van der Waals surface area contributed by atoms with E-state index in [2.05, 4.69) is 34.1 Å². The number of Topliss-reactive ketones (excluding diaryl/α,β-unsaturated/α-hetero) is 1. The van der Waals surface area contributed by atoms with Gasteiger partial charge in [-0.15, -0.1) is 11.3 Å². The summed E-state index contributed by atoms with van der Waals surface area (Å²) in [6.07, 6.45) is 5.66. The van der Waals surface area contributed by atoms with E-state index in [1.54, 1.807) is 11.3 Å². The normalized spacial score (nSPS) is 13.9. The average Bonchev–Trinajstić information content (AvgIpc) is 3.23. The van der Waals surface area contributed by atoms with Crippen LogP contribution < -0.4 is 0 Å². The average molecular weight is 439 g/mol. The van der Waals surface area contributed by atoms with Gasteiger partial charge in [-0.2, -0.15) is 0 Å². The number of hydrogen-bond donors (Lipinski definition) is 0. The van der Waals surface area contributed by atoms with Crippen LogP contribution in [0.3, 0.4) is 0 Å². The Labute approximate surface area is 187 Å². The van der Waals surface area contributed by atoms with E-state index in [9.17, 15) is 4.79 Å². The molecule has 156 valence electrons. The molecule has 3 nitrogen and oxygen atoms in total. The van der Waals surface area contributed by atoms with E-state index in [1.165, 1.54) is 11.1 Å². The second-order valence-corrected chi connectivity index (χ2v) is 9.34. The van der Waals surface area contributed by atoms with Crippen molar-refractivity contribution in [1.29, 1.82) is 0 Å². The van der Waals surface area contributed by atoms with Crippen LogP contribution in [0.1, 0.15) is 57.9 Å². The fourth-order valence-corrected chi connectivity index (χ4v) is 4.93. The second kappa shape index (κ2) is 10.3. The minimum atomic E-state index is 0.167. The zero-order valence-corrected chi connectivity index (χ0v) is 18.7. The van der Waals surface area contributed by atoms with E-state index in [0.717, 1.165) is 67.3 Å². The molecule has 0 fully saturated rings. The van der Waals surface area contributed by atoms with Gasteiger partial charge in [0.25, 0.3) is 0 Å². The first kappa shape index (κ1) is 21.2. The maximum atomic E-state index is 12.5. The fourth-order valence-electron chi connectivity index (χ4n) is 3.97. The first-order chi connectivity index (χ1) is 14.7. The van der Waals surface area contributed by atoms with Gasteiger partial charge in [0, 0.05) is 36.3 Å². The quantitative estimate of drug-likeness (QED) is 0.295. The van der Waals surface area contributed by atoms with Crippen LogP contribution in [-0.2, 0) is 19.4 Å². The molecule has 0 bridgehead atoms. The topological polar surface area (TPSA) is 33.2 Å². The summed E-state index contributed by atoms with van der Waals surface area (Å²) >= 11 is 7.50. The SMILES string of the molecule is O=C(CCCCCN1CCc2ccccc2C1)c1csc(Cc2ccc(Cl)cc2)n1. The van der Waals surface area contributed by atoms with Gasteiger partial charge in [0.2, 0.25) is 0 Å². The largest absolute Gasteiger partial charge is 0.299 e. The highest BCUT2D eigenvalue weighted by molar-refractivity contribution is 7.09. The number of nitrogens with zero attached hydrogens (tertiary/aromatic N) is 2. The van der Waals surface area contributed by atoms with Crippen LogP contribution in [0.25, 0.3) is 0 Å². The number of rotatable bonds is 9. The zero-order chi connectivity index (χ0) is 20.8. The van der Waals surface area contributed by atoms with Gasteiger partial charge < -0.3 is 0 Å². The molecule has 5 heteroatoms. The molecule has 0 aliphatic carbocycles. The summed E-state index contributed by atoms with van der Waals surface area (Å²) in [6, 6.07) is 16.5. The Bertz CT molecular complexity index is 983. The lowest BCUT2D eigenvalue weighted by Crippen LogP contribution is -2.31. The van der Waals surface area contributed by atoms with Gasteiger partial charge in [0.15, 0.2) is 5.78 Å². The highest BCUT2D eigenvalue weighted by Gasteiger charge is 2.15. The van der Waals surface area contributed by atoms with Crippen molar-refractivity contribution in [2.24, 2.45) is 0 Å². The molecule has 4 rings (SSSR count). The molecular formula is C25H27ClN2OS. The number of carbonyl (C=O) groups excluding carboxylic acids is 1. The Kier molecular flexibility index (Phi) is 7.32. The summed E-state index contributed by atoms with van der Waals surface area (Å²) in [4.78, 5) is 19.6. The Morgan fingerprint density at radius 1 is 1.03 bits per heavy atom. The number of benzene rings is 2. The Morgan fingerprint density at radius 2 is 1.83 bits per heavy atom. The summed E-state index contributed by atoms with van der Waals surface area (Å²) in [5, 5.41) is 3.61. The summed E-state index contributed by atoms with van der Waals surface area (Å²) < 4.78 is 0. The van der Waals surface area contributed by atoms with Crippen molar-refractivity contribution in [3.05, 3.63) is 86.3 Å². The van der Waals surface area contributed by atoms with Crippen LogP contribution in [0.5, 0.6) is 0 Å². The maximum absolute atomic E-state index is 12.5. The lowest BCUT2D eigenvalue weighted by Gasteiger charge is -2.28. The van der Waals surface area contributed by atoms with Crippen LogP contribution in [0.2, 0.25) is 5.02 Å². The Hall–Kier alpha value is -2.01. The van der Waals surface area contributed by atoms with E-state index in [1.807, 2.05) is 29.6 Å². The number of ketones is 1. The van der Waals surface area contributed by atoms with Crippen molar-refractivity contribution in [3.8, 4) is 0 Å². The summed E-state index contributed by atoms with van der Waals surface area (Å²) in [7, 11) is 0. The highest BCUT2D eigenvalue weighted by atomic mass is 35.5. The molecule has 0 spiro atoms. The Balaban J connectivity index is 1.16. The zero-order valence-electron chi connectivity index (χ0n) is 17.1. The van der Waals surface area contributed by atoms with Gasteiger partial charge >= 0.3 is 0 Å². The molecule has 1 aliphatic rings. The minimum Gasteiger partial charge on any atom is -0.299 e. The third kappa shape index (κ3) is 5.78. The fraction of sp³-hybridized carbons (Fsp3) is 0.360. The molecule has 3 aromatic rings. The number of fused-ring (bicyclic) bond motifs is 1. The number of halogens is 1. The van der Waals surface area contributed by atoms with E-state index in [0.29, 0.717) is 12.1 Å². The number of thiazole rings is 1. The van der Waals surface area contributed by atoms with E-state index >= 15 is 0 Å². The maximum Gasteiger partial charge on any atom is 0.182 e. The molecule has 0 saturated carbocycles. The molecule has 0 amide bonds. The number of carbonyl (C=O) groups is 1. The number of aromatic nitrogens is 1. The van der Waals surface area contributed by atoms with Gasteiger partial charge in [-0.3, -0.25) is 9.69 Å². The van der Waals surface area contributed by atoms with Crippen molar-refractivity contribution in [3.63, 3.8) is 0 Å². The van der Waals surface area contributed by atoms with Gasteiger partial charge in [-0.25, -0.2) is 4.98 Å². The predicted molar refractivity (Wildman–Crippen MR) is 125 cm³/mol. The Morgan fingerprint density at radius 3 is 2.67 bits per heavy atom. The van der Waals surface area contributed by atoms with Crippen molar-refractivity contribution < 1.29 is 4.79 Å². The van der Waals surface area contributed by atoms with Crippen LogP contribution >= 0.6 is 22.9 Å². The lowest BCUT2D eigenvalue weighted by molar-refractivity contribution is 0.0974. The molecule has 30 heavy (non-hydrogen) atoms. The molecule has 0 unspecified atom stereocenters. The van der Waals surface area contributed by atoms with E-state index < -0.39 is 0 Å². The first-order valence-corrected chi connectivity index (χ1v) is 11.9. The van der Waals surface area contributed by atoms with Gasteiger partial charge in [-0.1, -0.05) is 54.4 Å². The standard InChI is InChI=1S/C25H27ClN2OS/c26-22-11-9-19(10-12-22)16-25-27-23(18-30-25)24(29)8-2-1-5-14-28-15-13-20-6-3-4-7-21(20)17-28/h3-4,6-7,9-12,18H,1-2,5,8,13-17H2. The molecule has 1 aromatic heterocycles. The van der Waals surface area contributed by atoms with Gasteiger partial charge in [0.05, 0.1) is 5.01 Å². The molecule has 0 radical (unpaired) electrons. The van der Waals surface area contributed by atoms with Crippen LogP contribution in [0, 0.1) is 0 Å². The number of unbranched alkanes of at least 4 members (excludes halogenated alkanes) is 2. The molecule has 0 saturated heterocycles. The van der Waals surface area contributed by atoms with Crippen molar-refractivity contribution in [2.45, 2.75) is 45.1 Å². The summed E-state index contributed by atoms with van der Waals surface area (Å²) in [5.74, 6) is 0.167. The monoisotopic (exact) mass is 438 g/mol. The van der Waals surface area contributed by atoms with E-state index in [-0.39, 0.29) is 5.78 Å². The van der Waals surface area contributed by atoms with Crippen molar-refractivity contribution >= 4 is 28.7 Å². The lowest BCUT2D eigenvalue weighted by atomic mass is 9.99. The summed E-state index contributed by atoms with van der Waals surface area (Å²) in [5.41, 5.74) is 4.75. The third-order valence-electron chi connectivity index (χ3n) is 5.69. The van der Waals surface area contributed by atoms with Gasteiger partial charge in [0.1, 0.15) is 5.69 Å². The third-order valence-corrected chi connectivity index (χ3v) is 6.79. The predicted octanol–water partition coefficient (Wildman–Crippen LogP) is 6.19.